The van der Waals surface area contributed by atoms with Crippen LogP contribution in [0.25, 0.3) is 0 Å². The van der Waals surface area contributed by atoms with Crippen LogP contribution in [-0.2, 0) is 28.6 Å². The van der Waals surface area contributed by atoms with Gasteiger partial charge in [0.1, 0.15) is 13.2 Å². The lowest BCUT2D eigenvalue weighted by molar-refractivity contribution is -0.167. The number of rotatable bonds is 45. The molecule has 1 unspecified atom stereocenters. The summed E-state index contributed by atoms with van der Waals surface area (Å²) in [7, 11) is 0. The molecular formula is C53H94O6. The summed E-state index contributed by atoms with van der Waals surface area (Å²) in [5.74, 6) is -0.898. The molecule has 342 valence electrons. The third-order valence-corrected chi connectivity index (χ3v) is 10.9. The Kier molecular flexibility index (Phi) is 45.9. The van der Waals surface area contributed by atoms with Crippen molar-refractivity contribution in [3.63, 3.8) is 0 Å². The Hall–Kier alpha value is -2.63. The van der Waals surface area contributed by atoms with Gasteiger partial charge < -0.3 is 14.2 Å². The van der Waals surface area contributed by atoms with E-state index in [2.05, 4.69) is 51.2 Å². The minimum atomic E-state index is -0.779. The zero-order valence-corrected chi connectivity index (χ0v) is 39.0. The summed E-state index contributed by atoms with van der Waals surface area (Å²) < 4.78 is 16.7. The second-order valence-corrected chi connectivity index (χ2v) is 16.8. The number of carbonyl (C=O) groups is 3. The first-order valence-electron chi connectivity index (χ1n) is 25.2. The minimum Gasteiger partial charge on any atom is -0.462 e. The van der Waals surface area contributed by atoms with E-state index in [1.54, 1.807) is 0 Å². The lowest BCUT2D eigenvalue weighted by atomic mass is 10.0. The van der Waals surface area contributed by atoms with Crippen molar-refractivity contribution < 1.29 is 28.6 Å². The fourth-order valence-electron chi connectivity index (χ4n) is 7.16. The van der Waals surface area contributed by atoms with Crippen molar-refractivity contribution in [2.45, 2.75) is 258 Å². The van der Waals surface area contributed by atoms with Crippen molar-refractivity contribution in [1.82, 2.24) is 0 Å². The standard InChI is InChI=1S/C53H94O6/c1-4-7-10-13-16-19-21-23-25-26-28-29-31-34-37-40-43-46-52(55)58-49-50(48-57-51(54)45-42-39-36-33-18-15-12-9-6-3)59-53(56)47-44-41-38-35-32-30-27-24-22-20-17-14-11-8-5-2/h8,11,14,17,20,22,24,27,50H,4-7,9-10,12-13,15-16,18-19,21,23,25-26,28-49H2,1-3H3/b11-8-,17-14-,22-20-,27-24-. The van der Waals surface area contributed by atoms with E-state index in [1.807, 2.05) is 18.2 Å². The van der Waals surface area contributed by atoms with Gasteiger partial charge in [0.2, 0.25) is 0 Å². The fraction of sp³-hybridized carbons (Fsp3) is 0.792. The van der Waals surface area contributed by atoms with Crippen molar-refractivity contribution in [2.24, 2.45) is 0 Å². The summed E-state index contributed by atoms with van der Waals surface area (Å²) in [6, 6.07) is 0. The molecule has 0 saturated carbocycles. The number of hydrogen-bond donors (Lipinski definition) is 0. The average molecular weight is 827 g/mol. The van der Waals surface area contributed by atoms with Gasteiger partial charge in [-0.1, -0.05) is 243 Å². The normalized spacial score (nSPS) is 12.4. The summed E-state index contributed by atoms with van der Waals surface area (Å²) in [5.41, 5.74) is 0. The molecule has 0 rings (SSSR count). The summed E-state index contributed by atoms with van der Waals surface area (Å²) in [4.78, 5) is 37.8. The van der Waals surface area contributed by atoms with E-state index in [4.69, 9.17) is 14.2 Å². The van der Waals surface area contributed by atoms with Crippen LogP contribution in [0.4, 0.5) is 0 Å². The number of ether oxygens (including phenoxy) is 3. The molecule has 1 atom stereocenters. The third kappa shape index (κ3) is 46.3. The van der Waals surface area contributed by atoms with Crippen molar-refractivity contribution in [1.29, 1.82) is 0 Å². The predicted octanol–water partition coefficient (Wildman–Crippen LogP) is 16.3. The molecule has 0 aromatic rings. The summed E-state index contributed by atoms with van der Waals surface area (Å²) in [5, 5.41) is 0. The Morgan fingerprint density at radius 1 is 0.356 bits per heavy atom. The van der Waals surface area contributed by atoms with Gasteiger partial charge in [0.15, 0.2) is 6.10 Å². The Labute approximate surface area is 365 Å². The molecule has 0 heterocycles. The Morgan fingerprint density at radius 2 is 0.661 bits per heavy atom. The Bertz CT molecular complexity index is 1040. The molecule has 0 aromatic heterocycles. The first kappa shape index (κ1) is 56.4. The van der Waals surface area contributed by atoms with Crippen LogP contribution in [0.15, 0.2) is 48.6 Å². The SMILES string of the molecule is CC\C=C/C=C\C=C/C=C\CCCCCCCC(=O)OC(COC(=O)CCCCCCCCCCC)COC(=O)CCCCCCCCCCCCCCCCCCC. The molecule has 0 N–H and O–H groups in total. The zero-order valence-electron chi connectivity index (χ0n) is 39.0. The molecule has 6 nitrogen and oxygen atoms in total. The molecule has 0 saturated heterocycles. The number of carbonyl (C=O) groups excluding carboxylic acids is 3. The zero-order chi connectivity index (χ0) is 43.0. The largest absolute Gasteiger partial charge is 0.462 e. The molecule has 6 heteroatoms. The minimum absolute atomic E-state index is 0.0796. The Morgan fingerprint density at radius 3 is 1.03 bits per heavy atom. The van der Waals surface area contributed by atoms with Gasteiger partial charge in [-0.2, -0.15) is 0 Å². The van der Waals surface area contributed by atoms with Crippen LogP contribution in [0, 0.1) is 0 Å². The van der Waals surface area contributed by atoms with Crippen molar-refractivity contribution in [2.75, 3.05) is 13.2 Å². The van der Waals surface area contributed by atoms with E-state index in [0.29, 0.717) is 19.3 Å². The predicted molar refractivity (Wildman–Crippen MR) is 252 cm³/mol. The first-order valence-corrected chi connectivity index (χ1v) is 25.2. The molecule has 0 spiro atoms. The molecular weight excluding hydrogens is 733 g/mol. The highest BCUT2D eigenvalue weighted by molar-refractivity contribution is 5.71. The summed E-state index contributed by atoms with van der Waals surface area (Å²) in [6.07, 6.45) is 56.7. The maximum Gasteiger partial charge on any atom is 0.306 e. The van der Waals surface area contributed by atoms with E-state index >= 15 is 0 Å². The second kappa shape index (κ2) is 48.0. The lowest BCUT2D eigenvalue weighted by Crippen LogP contribution is -2.30. The van der Waals surface area contributed by atoms with E-state index in [9.17, 15) is 14.4 Å². The van der Waals surface area contributed by atoms with Crippen molar-refractivity contribution in [3.05, 3.63) is 48.6 Å². The lowest BCUT2D eigenvalue weighted by Gasteiger charge is -2.18. The van der Waals surface area contributed by atoms with Crippen LogP contribution in [0.5, 0.6) is 0 Å². The van der Waals surface area contributed by atoms with Gasteiger partial charge in [-0.05, 0) is 38.5 Å². The van der Waals surface area contributed by atoms with Crippen molar-refractivity contribution in [3.8, 4) is 0 Å². The molecule has 0 amide bonds. The van der Waals surface area contributed by atoms with E-state index < -0.39 is 6.10 Å². The van der Waals surface area contributed by atoms with E-state index in [0.717, 1.165) is 83.5 Å². The van der Waals surface area contributed by atoms with Crippen LogP contribution in [-0.4, -0.2) is 37.2 Å². The highest BCUT2D eigenvalue weighted by Gasteiger charge is 2.19. The van der Waals surface area contributed by atoms with Crippen LogP contribution in [0.2, 0.25) is 0 Å². The summed E-state index contributed by atoms with van der Waals surface area (Å²) in [6.45, 7) is 6.48. The van der Waals surface area contributed by atoms with E-state index in [1.165, 1.54) is 128 Å². The molecule has 0 aliphatic rings. The fourth-order valence-corrected chi connectivity index (χ4v) is 7.16. The molecule has 0 fully saturated rings. The Balaban J connectivity index is 4.33. The smallest absolute Gasteiger partial charge is 0.306 e. The highest BCUT2D eigenvalue weighted by atomic mass is 16.6. The number of unbranched alkanes of at least 4 members (excludes halogenated alkanes) is 29. The van der Waals surface area contributed by atoms with Crippen LogP contribution in [0.3, 0.4) is 0 Å². The topological polar surface area (TPSA) is 78.9 Å². The van der Waals surface area contributed by atoms with Gasteiger partial charge in [0.05, 0.1) is 0 Å². The van der Waals surface area contributed by atoms with Gasteiger partial charge >= 0.3 is 17.9 Å². The highest BCUT2D eigenvalue weighted by Crippen LogP contribution is 2.16. The maximum atomic E-state index is 12.8. The number of hydrogen-bond acceptors (Lipinski definition) is 6. The van der Waals surface area contributed by atoms with Gasteiger partial charge in [-0.3, -0.25) is 14.4 Å². The molecule has 0 aliphatic carbocycles. The van der Waals surface area contributed by atoms with Gasteiger partial charge in [0.25, 0.3) is 0 Å². The first-order chi connectivity index (χ1) is 29.0. The second-order valence-electron chi connectivity index (χ2n) is 16.8. The van der Waals surface area contributed by atoms with Crippen LogP contribution in [0.1, 0.15) is 252 Å². The maximum absolute atomic E-state index is 12.8. The number of esters is 3. The van der Waals surface area contributed by atoms with Gasteiger partial charge in [-0.15, -0.1) is 0 Å². The molecule has 0 bridgehead atoms. The van der Waals surface area contributed by atoms with Crippen LogP contribution < -0.4 is 0 Å². The molecule has 0 aromatic carbocycles. The van der Waals surface area contributed by atoms with Gasteiger partial charge in [-0.25, -0.2) is 0 Å². The summed E-state index contributed by atoms with van der Waals surface area (Å²) >= 11 is 0. The number of allylic oxidation sites excluding steroid dienone is 8. The quantitative estimate of drug-likeness (QED) is 0.0263. The average Bonchev–Trinajstić information content (AvgIpc) is 3.23. The van der Waals surface area contributed by atoms with Crippen molar-refractivity contribution >= 4 is 17.9 Å². The monoisotopic (exact) mass is 827 g/mol. The molecule has 59 heavy (non-hydrogen) atoms. The van der Waals surface area contributed by atoms with Gasteiger partial charge in [0, 0.05) is 19.3 Å². The van der Waals surface area contributed by atoms with Crippen LogP contribution >= 0.6 is 0 Å². The molecule has 0 radical (unpaired) electrons. The third-order valence-electron chi connectivity index (χ3n) is 10.9. The van der Waals surface area contributed by atoms with E-state index in [-0.39, 0.29) is 31.1 Å². The molecule has 0 aliphatic heterocycles.